The fourth-order valence-electron chi connectivity index (χ4n) is 0.946. The summed E-state index contributed by atoms with van der Waals surface area (Å²) in [6.07, 6.45) is 0.449. The van der Waals surface area contributed by atoms with E-state index in [9.17, 15) is 9.59 Å². The van der Waals surface area contributed by atoms with Gasteiger partial charge in [-0.25, -0.2) is 9.59 Å². The van der Waals surface area contributed by atoms with Gasteiger partial charge in [0.1, 0.15) is 12.4 Å². The van der Waals surface area contributed by atoms with Gasteiger partial charge in [0, 0.05) is 6.08 Å². The van der Waals surface area contributed by atoms with Gasteiger partial charge < -0.3 is 14.8 Å². The molecule has 0 heterocycles. The lowest BCUT2D eigenvalue weighted by Gasteiger charge is -2.06. The van der Waals surface area contributed by atoms with Crippen LogP contribution in [0.3, 0.4) is 0 Å². The summed E-state index contributed by atoms with van der Waals surface area (Å²) >= 11 is 0. The highest BCUT2D eigenvalue weighted by atomic mass is 16.6. The number of rotatable bonds is 5. The third-order valence-corrected chi connectivity index (χ3v) is 1.68. The van der Waals surface area contributed by atoms with Crippen LogP contribution in [0.25, 0.3) is 0 Å². The molecule has 17 heavy (non-hydrogen) atoms. The molecular weight excluding hydrogens is 222 g/mol. The number of ether oxygens (including phenoxy) is 2. The van der Waals surface area contributed by atoms with Crippen LogP contribution in [-0.2, 0) is 9.53 Å². The van der Waals surface area contributed by atoms with Crippen LogP contribution >= 0.6 is 0 Å². The predicted octanol–water partition coefficient (Wildman–Crippen LogP) is 1.30. The van der Waals surface area contributed by atoms with Crippen LogP contribution in [0.15, 0.2) is 36.9 Å². The molecule has 0 unspecified atom stereocenters. The van der Waals surface area contributed by atoms with Gasteiger partial charge in [-0.1, -0.05) is 18.7 Å². The molecule has 0 bridgehead atoms. The smallest absolute Gasteiger partial charge is 0.412 e. The van der Waals surface area contributed by atoms with Crippen LogP contribution in [0.4, 0.5) is 4.79 Å². The molecule has 0 fully saturated rings. The van der Waals surface area contributed by atoms with Gasteiger partial charge >= 0.3 is 12.1 Å². The van der Waals surface area contributed by atoms with Crippen molar-refractivity contribution in [2.75, 3.05) is 13.2 Å². The fraction of sp³-hybridized carbons (Fsp3) is 0.167. The van der Waals surface area contributed by atoms with Crippen LogP contribution in [0.2, 0.25) is 0 Å². The first kappa shape index (κ1) is 12.8. The number of carbonyl (C=O) groups excluding carboxylic acids is 2. The van der Waals surface area contributed by atoms with Crippen LogP contribution in [0.1, 0.15) is 0 Å². The quantitative estimate of drug-likeness (QED) is 0.474. The first-order chi connectivity index (χ1) is 8.22. The first-order valence-electron chi connectivity index (χ1n) is 4.93. The maximum Gasteiger partial charge on any atom is 0.412 e. The van der Waals surface area contributed by atoms with Crippen molar-refractivity contribution in [1.29, 1.82) is 0 Å². The molecule has 0 aliphatic rings. The molecule has 1 amide bonds. The van der Waals surface area contributed by atoms with Gasteiger partial charge in [-0.3, -0.25) is 0 Å². The summed E-state index contributed by atoms with van der Waals surface area (Å²) in [7, 11) is 0. The normalized spacial score (nSPS) is 9.18. The van der Waals surface area contributed by atoms with Gasteiger partial charge in [-0.15, -0.1) is 0 Å². The molecule has 1 rings (SSSR count). The Morgan fingerprint density at radius 2 is 2.12 bits per heavy atom. The molecule has 1 radical (unpaired) electrons. The molecule has 89 valence electrons. The van der Waals surface area contributed by atoms with E-state index in [1.54, 1.807) is 24.3 Å². The minimum atomic E-state index is -0.606. The van der Waals surface area contributed by atoms with Crippen molar-refractivity contribution in [2.45, 2.75) is 0 Å². The average molecular weight is 234 g/mol. The van der Waals surface area contributed by atoms with E-state index in [4.69, 9.17) is 4.74 Å². The van der Waals surface area contributed by atoms with Crippen molar-refractivity contribution < 1.29 is 19.1 Å². The third kappa shape index (κ3) is 5.36. The number of benzene rings is 1. The van der Waals surface area contributed by atoms with E-state index in [1.165, 1.54) is 0 Å². The van der Waals surface area contributed by atoms with Crippen molar-refractivity contribution >= 4 is 12.1 Å². The summed E-state index contributed by atoms with van der Waals surface area (Å²) in [6.45, 7) is 3.49. The molecular formula is C12H12NO4. The Morgan fingerprint density at radius 1 is 1.41 bits per heavy atom. The average Bonchev–Trinajstić information content (AvgIpc) is 2.35. The van der Waals surface area contributed by atoms with Crippen molar-refractivity contribution in [3.63, 3.8) is 0 Å². The number of amides is 1. The van der Waals surface area contributed by atoms with Crippen molar-refractivity contribution in [3.05, 3.63) is 43.0 Å². The fourth-order valence-corrected chi connectivity index (χ4v) is 0.946. The summed E-state index contributed by atoms with van der Waals surface area (Å²) in [5, 5.41) is 2.43. The molecule has 5 heteroatoms. The topological polar surface area (TPSA) is 64.6 Å². The number of hydrogen-bond donors (Lipinski definition) is 1. The Kier molecular flexibility index (Phi) is 5.30. The van der Waals surface area contributed by atoms with Crippen molar-refractivity contribution in [1.82, 2.24) is 5.32 Å². The molecule has 0 saturated carbocycles. The van der Waals surface area contributed by atoms with E-state index in [0.29, 0.717) is 5.75 Å². The molecule has 0 atom stereocenters. The number of nitrogens with one attached hydrogen (secondary N) is 1. The Balaban J connectivity index is 2.18. The lowest BCUT2D eigenvalue weighted by Crippen LogP contribution is -2.30. The first-order valence-corrected chi connectivity index (χ1v) is 4.93. The van der Waals surface area contributed by atoms with E-state index < -0.39 is 12.1 Å². The summed E-state index contributed by atoms with van der Waals surface area (Å²) in [6, 6.07) is 9.28. The molecule has 1 aromatic rings. The molecule has 0 aromatic heterocycles. The maximum atomic E-state index is 11.2. The van der Waals surface area contributed by atoms with E-state index in [2.05, 4.69) is 22.7 Å². The molecule has 0 saturated heterocycles. The van der Waals surface area contributed by atoms with Crippen molar-refractivity contribution in [2.24, 2.45) is 0 Å². The van der Waals surface area contributed by atoms with E-state index >= 15 is 0 Å². The van der Waals surface area contributed by atoms with E-state index in [1.807, 2.05) is 0 Å². The molecule has 1 N–H and O–H groups in total. The highest BCUT2D eigenvalue weighted by Crippen LogP contribution is 2.07. The molecule has 0 spiro atoms. The largest absolute Gasteiger partial charge is 0.461 e. The number of carbonyl (C=O) groups is 2. The Hall–Kier alpha value is -2.30. The Morgan fingerprint density at radius 3 is 2.76 bits per heavy atom. The molecule has 0 aliphatic carbocycles. The zero-order valence-corrected chi connectivity index (χ0v) is 9.14. The van der Waals surface area contributed by atoms with Gasteiger partial charge in [0.25, 0.3) is 0 Å². The zero-order valence-electron chi connectivity index (χ0n) is 9.14. The van der Waals surface area contributed by atoms with E-state index in [-0.39, 0.29) is 13.2 Å². The number of esters is 1. The summed E-state index contributed by atoms with van der Waals surface area (Å²) in [5.41, 5.74) is 0. The Bertz CT molecular complexity index is 389. The van der Waals surface area contributed by atoms with Crippen LogP contribution < -0.4 is 10.1 Å². The predicted molar refractivity (Wildman–Crippen MR) is 60.5 cm³/mol. The van der Waals surface area contributed by atoms with Crippen LogP contribution in [0.5, 0.6) is 5.75 Å². The second kappa shape index (κ2) is 7.05. The molecule has 0 aliphatic heterocycles. The monoisotopic (exact) mass is 234 g/mol. The summed E-state index contributed by atoms with van der Waals surface area (Å²) in [4.78, 5) is 21.9. The standard InChI is InChI=1S/C12H12NO4/c1-2-11(14)16-9-8-13-12(15)17-10-6-4-3-5-7-10/h2,4-7H,1,8-9H2,(H,13,15). The highest BCUT2D eigenvalue weighted by molar-refractivity contribution is 5.81. The Labute approximate surface area is 99.0 Å². The number of hydrogen-bond acceptors (Lipinski definition) is 4. The molecule has 1 aromatic carbocycles. The van der Waals surface area contributed by atoms with Gasteiger partial charge in [-0.2, -0.15) is 0 Å². The minimum absolute atomic E-state index is 0.0719. The second-order valence-electron chi connectivity index (χ2n) is 2.92. The van der Waals surface area contributed by atoms with Gasteiger partial charge in [0.2, 0.25) is 0 Å². The third-order valence-electron chi connectivity index (χ3n) is 1.68. The summed E-state index contributed by atoms with van der Waals surface area (Å²) in [5.74, 6) is -0.108. The van der Waals surface area contributed by atoms with Gasteiger partial charge in [0.15, 0.2) is 0 Å². The minimum Gasteiger partial charge on any atom is -0.461 e. The van der Waals surface area contributed by atoms with Crippen LogP contribution in [0, 0.1) is 6.07 Å². The van der Waals surface area contributed by atoms with Gasteiger partial charge in [0.05, 0.1) is 6.54 Å². The van der Waals surface area contributed by atoms with Crippen molar-refractivity contribution in [3.8, 4) is 5.75 Å². The van der Waals surface area contributed by atoms with E-state index in [0.717, 1.165) is 6.08 Å². The highest BCUT2D eigenvalue weighted by Gasteiger charge is 2.03. The lowest BCUT2D eigenvalue weighted by atomic mass is 10.3. The van der Waals surface area contributed by atoms with Crippen LogP contribution in [-0.4, -0.2) is 25.2 Å². The second-order valence-corrected chi connectivity index (χ2v) is 2.92. The summed E-state index contributed by atoms with van der Waals surface area (Å²) < 4.78 is 9.58. The maximum absolute atomic E-state index is 11.2. The molecule has 5 nitrogen and oxygen atoms in total. The lowest BCUT2D eigenvalue weighted by molar-refractivity contribution is -0.137. The van der Waals surface area contributed by atoms with Gasteiger partial charge in [-0.05, 0) is 18.2 Å². The SMILES string of the molecule is C=CC(=O)OCCNC(=O)Oc1cc[c]cc1. The zero-order chi connectivity index (χ0) is 12.5.